The van der Waals surface area contributed by atoms with Gasteiger partial charge in [-0.3, -0.25) is 9.80 Å². The maximum Gasteiger partial charge on any atom is 0.415 e. The summed E-state index contributed by atoms with van der Waals surface area (Å²) >= 11 is 0. The molecule has 1 atom stereocenters. The van der Waals surface area contributed by atoms with Gasteiger partial charge in [0.05, 0.1) is 17.9 Å². The van der Waals surface area contributed by atoms with Gasteiger partial charge in [0.25, 0.3) is 0 Å². The predicted molar refractivity (Wildman–Crippen MR) is 109 cm³/mol. The van der Waals surface area contributed by atoms with E-state index >= 15 is 0 Å². The molecule has 1 aliphatic rings. The zero-order valence-corrected chi connectivity index (χ0v) is 16.7. The third-order valence-electron chi connectivity index (χ3n) is 4.31. The van der Waals surface area contributed by atoms with E-state index < -0.39 is 23.8 Å². The molecule has 1 unspecified atom stereocenters. The van der Waals surface area contributed by atoms with Gasteiger partial charge in [0.1, 0.15) is 24.5 Å². The molecule has 2 aromatic carbocycles. The molecule has 7 heteroatoms. The molecule has 0 radical (unpaired) electrons. The molecular weight excluding hydrogens is 372 g/mol. The zero-order valence-electron chi connectivity index (χ0n) is 16.7. The Labute approximate surface area is 169 Å². The van der Waals surface area contributed by atoms with Crippen molar-refractivity contribution in [2.45, 2.75) is 39.0 Å². The summed E-state index contributed by atoms with van der Waals surface area (Å²) in [4.78, 5) is 39.9. The lowest BCUT2D eigenvalue weighted by Gasteiger charge is -2.39. The number of carbonyl (C=O) groups excluding carboxylic acids is 3. The molecule has 152 valence electrons. The van der Waals surface area contributed by atoms with Crippen molar-refractivity contribution >= 4 is 29.8 Å². The molecule has 2 aromatic rings. The summed E-state index contributed by atoms with van der Waals surface area (Å²) in [5.74, 6) is 0. The fraction of sp³-hybridized carbons (Fsp3) is 0.318. The van der Waals surface area contributed by atoms with Crippen LogP contribution >= 0.6 is 0 Å². The second kappa shape index (κ2) is 8.34. The first-order valence-corrected chi connectivity index (χ1v) is 9.35. The Morgan fingerprint density at radius 1 is 1.00 bits per heavy atom. The van der Waals surface area contributed by atoms with Crippen LogP contribution in [0.25, 0.3) is 0 Å². The Morgan fingerprint density at radius 2 is 1.62 bits per heavy atom. The number of ether oxygens (including phenoxy) is 2. The number of fused-ring (bicyclic) bond motifs is 1. The van der Waals surface area contributed by atoms with Gasteiger partial charge in [-0.05, 0) is 38.5 Å². The average Bonchev–Trinajstić information content (AvgIpc) is 2.70. The Bertz CT molecular complexity index is 892. The molecule has 2 amide bonds. The van der Waals surface area contributed by atoms with Crippen LogP contribution in [-0.4, -0.2) is 36.7 Å². The fourth-order valence-electron chi connectivity index (χ4n) is 3.06. The highest BCUT2D eigenvalue weighted by atomic mass is 16.6. The number of nitrogens with zero attached hydrogens (tertiary/aromatic N) is 2. The van der Waals surface area contributed by atoms with Gasteiger partial charge in [-0.25, -0.2) is 9.59 Å². The normalized spacial score (nSPS) is 16.0. The molecule has 29 heavy (non-hydrogen) atoms. The fourth-order valence-corrected chi connectivity index (χ4v) is 3.06. The van der Waals surface area contributed by atoms with Crippen molar-refractivity contribution in [3.63, 3.8) is 0 Å². The molecule has 0 saturated carbocycles. The minimum Gasteiger partial charge on any atom is -0.444 e. The van der Waals surface area contributed by atoms with Crippen molar-refractivity contribution in [2.24, 2.45) is 0 Å². The lowest BCUT2D eigenvalue weighted by atomic mass is 10.1. The third-order valence-corrected chi connectivity index (χ3v) is 4.31. The van der Waals surface area contributed by atoms with Crippen LogP contribution in [0.1, 0.15) is 26.3 Å². The van der Waals surface area contributed by atoms with E-state index in [0.29, 0.717) is 17.7 Å². The highest BCUT2D eigenvalue weighted by Gasteiger charge is 2.39. The molecule has 0 aliphatic carbocycles. The van der Waals surface area contributed by atoms with Crippen molar-refractivity contribution in [1.29, 1.82) is 0 Å². The second-order valence-corrected chi connectivity index (χ2v) is 7.69. The number of anilines is 2. The highest BCUT2D eigenvalue weighted by Crippen LogP contribution is 2.36. The predicted octanol–water partition coefficient (Wildman–Crippen LogP) is 4.15. The van der Waals surface area contributed by atoms with E-state index in [1.807, 2.05) is 30.3 Å². The average molecular weight is 396 g/mol. The maximum absolute atomic E-state index is 12.8. The van der Waals surface area contributed by atoms with Gasteiger partial charge in [0.2, 0.25) is 0 Å². The minimum absolute atomic E-state index is 0.0180. The minimum atomic E-state index is -0.888. The topological polar surface area (TPSA) is 76.2 Å². The van der Waals surface area contributed by atoms with Crippen LogP contribution in [0.3, 0.4) is 0 Å². The van der Waals surface area contributed by atoms with E-state index in [4.69, 9.17) is 9.47 Å². The number of hydrogen-bond acceptors (Lipinski definition) is 5. The number of para-hydroxylation sites is 2. The van der Waals surface area contributed by atoms with Crippen molar-refractivity contribution in [3.8, 4) is 0 Å². The van der Waals surface area contributed by atoms with Crippen LogP contribution in [0, 0.1) is 0 Å². The standard InChI is InChI=1S/C22H24N2O5/c1-22(2,3)29-20(26)23-13-17(14-25)24(19-12-8-7-11-18(19)23)21(27)28-15-16-9-5-4-6-10-16/h4-12,14,17H,13,15H2,1-3H3. The number of rotatable bonds is 3. The molecule has 0 saturated heterocycles. The monoisotopic (exact) mass is 396 g/mol. The van der Waals surface area contributed by atoms with Crippen LogP contribution in [0.15, 0.2) is 54.6 Å². The van der Waals surface area contributed by atoms with Gasteiger partial charge in [-0.1, -0.05) is 42.5 Å². The first kappa shape index (κ1) is 20.4. The Balaban J connectivity index is 1.87. The molecule has 3 rings (SSSR count). The lowest BCUT2D eigenvalue weighted by Crippen LogP contribution is -2.54. The largest absolute Gasteiger partial charge is 0.444 e. The summed E-state index contributed by atoms with van der Waals surface area (Å²) in [7, 11) is 0. The van der Waals surface area contributed by atoms with Crippen molar-refractivity contribution in [1.82, 2.24) is 0 Å². The van der Waals surface area contributed by atoms with E-state index in [1.54, 1.807) is 45.0 Å². The first-order valence-electron chi connectivity index (χ1n) is 9.35. The number of carbonyl (C=O) groups is 3. The first-order chi connectivity index (χ1) is 13.8. The zero-order chi connectivity index (χ0) is 21.0. The molecule has 7 nitrogen and oxygen atoms in total. The van der Waals surface area contributed by atoms with Crippen molar-refractivity contribution in [2.75, 3.05) is 16.3 Å². The molecule has 0 spiro atoms. The van der Waals surface area contributed by atoms with Crippen LogP contribution in [0.5, 0.6) is 0 Å². The van der Waals surface area contributed by atoms with E-state index in [2.05, 4.69) is 0 Å². The maximum atomic E-state index is 12.8. The molecular formula is C22H24N2O5. The van der Waals surface area contributed by atoms with Gasteiger partial charge in [0, 0.05) is 0 Å². The summed E-state index contributed by atoms with van der Waals surface area (Å²) in [5.41, 5.74) is 1.05. The molecule has 0 fully saturated rings. The number of aldehydes is 1. The second-order valence-electron chi connectivity index (χ2n) is 7.69. The summed E-state index contributed by atoms with van der Waals surface area (Å²) in [6, 6.07) is 15.3. The van der Waals surface area contributed by atoms with E-state index in [-0.39, 0.29) is 13.2 Å². The van der Waals surface area contributed by atoms with Crippen molar-refractivity contribution in [3.05, 3.63) is 60.2 Å². The van der Waals surface area contributed by atoms with Crippen LogP contribution in [0.4, 0.5) is 21.0 Å². The Kier molecular flexibility index (Phi) is 5.87. The number of benzene rings is 2. The molecule has 1 heterocycles. The van der Waals surface area contributed by atoms with Gasteiger partial charge in [-0.2, -0.15) is 0 Å². The SMILES string of the molecule is CC(C)(C)OC(=O)N1CC(C=O)N(C(=O)OCc2ccccc2)c2ccccc21. The van der Waals surface area contributed by atoms with Crippen molar-refractivity contribution < 1.29 is 23.9 Å². The molecule has 0 aromatic heterocycles. The van der Waals surface area contributed by atoms with Crippen LogP contribution < -0.4 is 9.80 Å². The van der Waals surface area contributed by atoms with Gasteiger partial charge >= 0.3 is 12.2 Å². The quantitative estimate of drug-likeness (QED) is 0.729. The smallest absolute Gasteiger partial charge is 0.415 e. The molecule has 0 N–H and O–H groups in total. The van der Waals surface area contributed by atoms with Crippen LogP contribution in [0.2, 0.25) is 0 Å². The summed E-state index contributed by atoms with van der Waals surface area (Å²) < 4.78 is 10.9. The van der Waals surface area contributed by atoms with Gasteiger partial charge < -0.3 is 14.3 Å². The van der Waals surface area contributed by atoms with Crippen LogP contribution in [-0.2, 0) is 20.9 Å². The number of hydrogen-bond donors (Lipinski definition) is 0. The Morgan fingerprint density at radius 3 is 2.24 bits per heavy atom. The summed E-state index contributed by atoms with van der Waals surface area (Å²) in [5, 5.41) is 0. The van der Waals surface area contributed by atoms with Gasteiger partial charge in [0.15, 0.2) is 0 Å². The Hall–Kier alpha value is -3.35. The van der Waals surface area contributed by atoms with E-state index in [1.165, 1.54) is 9.80 Å². The van der Waals surface area contributed by atoms with E-state index in [0.717, 1.165) is 5.56 Å². The lowest BCUT2D eigenvalue weighted by molar-refractivity contribution is -0.108. The highest BCUT2D eigenvalue weighted by molar-refractivity contribution is 6.03. The molecule has 0 bridgehead atoms. The summed E-state index contributed by atoms with van der Waals surface area (Å²) in [6.07, 6.45) is -0.590. The van der Waals surface area contributed by atoms with E-state index in [9.17, 15) is 14.4 Å². The molecule has 1 aliphatic heterocycles. The third kappa shape index (κ3) is 4.74. The summed E-state index contributed by atoms with van der Waals surface area (Å²) in [6.45, 7) is 5.37. The number of amides is 2. The van der Waals surface area contributed by atoms with Gasteiger partial charge in [-0.15, -0.1) is 0 Å².